The van der Waals surface area contributed by atoms with Gasteiger partial charge in [-0.1, -0.05) is 42.5 Å². The molecule has 1 aliphatic rings. The van der Waals surface area contributed by atoms with Crippen LogP contribution in [0.15, 0.2) is 54.6 Å². The highest BCUT2D eigenvalue weighted by Gasteiger charge is 2.49. The molecule has 0 bridgehead atoms. The lowest BCUT2D eigenvalue weighted by Crippen LogP contribution is -2.58. The highest BCUT2D eigenvalue weighted by Crippen LogP contribution is 2.29. The Morgan fingerprint density at radius 3 is 2.45 bits per heavy atom. The zero-order valence-electron chi connectivity index (χ0n) is 18.6. The van der Waals surface area contributed by atoms with E-state index in [-0.39, 0.29) is 18.7 Å². The van der Waals surface area contributed by atoms with Crippen molar-refractivity contribution in [2.24, 2.45) is 5.73 Å². The number of halogens is 1. The molecule has 0 radical (unpaired) electrons. The van der Waals surface area contributed by atoms with E-state index < -0.39 is 38.9 Å². The summed E-state index contributed by atoms with van der Waals surface area (Å²) in [7, 11) is -3.88. The molecule has 0 aromatic heterocycles. The molecule has 1 aliphatic heterocycles. The molecule has 0 unspecified atom stereocenters. The van der Waals surface area contributed by atoms with Crippen molar-refractivity contribution in [1.29, 1.82) is 0 Å². The molecule has 9 heteroatoms. The predicted molar refractivity (Wildman–Crippen MR) is 124 cm³/mol. The molecule has 33 heavy (non-hydrogen) atoms. The zero-order valence-corrected chi connectivity index (χ0v) is 19.5. The van der Waals surface area contributed by atoms with Gasteiger partial charge in [0.15, 0.2) is 9.84 Å². The molecule has 0 saturated carbocycles. The monoisotopic (exact) mass is 473 g/mol. The number of rotatable bonds is 8. The van der Waals surface area contributed by atoms with Crippen molar-refractivity contribution in [1.82, 2.24) is 4.90 Å². The lowest BCUT2D eigenvalue weighted by Gasteiger charge is -2.32. The molecule has 176 valence electrons. The van der Waals surface area contributed by atoms with Gasteiger partial charge in [-0.2, -0.15) is 0 Å². The largest absolute Gasteiger partial charge is 0.489 e. The molecule has 7 nitrogen and oxygen atoms in total. The topological polar surface area (TPSA) is 94.1 Å². The fourth-order valence-electron chi connectivity index (χ4n) is 3.62. The first-order valence-electron chi connectivity index (χ1n) is 10.6. The summed E-state index contributed by atoms with van der Waals surface area (Å²) in [5.74, 6) is -0.446. The number of ether oxygens (including phenoxy) is 1. The van der Waals surface area contributed by atoms with E-state index in [0.717, 1.165) is 10.5 Å². The minimum atomic E-state index is -3.88. The maximum Gasteiger partial charge on any atom is 0.303 e. The number of alkyl halides is 1. The number of benzene rings is 2. The summed E-state index contributed by atoms with van der Waals surface area (Å²) in [4.78, 5) is 17.2. The molecule has 1 heterocycles. The molecule has 1 saturated heterocycles. The van der Waals surface area contributed by atoms with Crippen LogP contribution in [0.5, 0.6) is 5.75 Å². The Hall–Kier alpha value is -2.96. The van der Waals surface area contributed by atoms with Crippen LogP contribution in [0.25, 0.3) is 4.85 Å². The second-order valence-electron chi connectivity index (χ2n) is 8.69. The van der Waals surface area contributed by atoms with E-state index in [2.05, 4.69) is 4.85 Å². The Morgan fingerprint density at radius 1 is 1.21 bits per heavy atom. The average molecular weight is 474 g/mol. The van der Waals surface area contributed by atoms with Crippen LogP contribution in [0.3, 0.4) is 0 Å². The summed E-state index contributed by atoms with van der Waals surface area (Å²) in [6.45, 7) is 10.1. The third kappa shape index (κ3) is 5.52. The highest BCUT2D eigenvalue weighted by molar-refractivity contribution is 7.92. The van der Waals surface area contributed by atoms with Crippen LogP contribution in [0.2, 0.25) is 0 Å². The molecular formula is C24H28FN3O4S. The number of hydrogen-bond acceptors (Lipinski definition) is 5. The van der Waals surface area contributed by atoms with E-state index in [4.69, 9.17) is 17.0 Å². The van der Waals surface area contributed by atoms with Gasteiger partial charge in [0.25, 0.3) is 0 Å². The third-order valence-corrected chi connectivity index (χ3v) is 8.57. The Labute approximate surface area is 194 Å². The van der Waals surface area contributed by atoms with Crippen molar-refractivity contribution in [2.45, 2.75) is 55.8 Å². The Bertz CT molecular complexity index is 1110. The molecule has 1 amide bonds. The van der Waals surface area contributed by atoms with Gasteiger partial charge in [0.1, 0.15) is 24.6 Å². The van der Waals surface area contributed by atoms with Crippen LogP contribution in [-0.4, -0.2) is 48.9 Å². The molecule has 3 atom stereocenters. The van der Waals surface area contributed by atoms with E-state index in [1.807, 2.05) is 30.3 Å². The molecule has 2 aromatic rings. The van der Waals surface area contributed by atoms with Crippen LogP contribution < -0.4 is 10.5 Å². The first-order chi connectivity index (χ1) is 15.5. The van der Waals surface area contributed by atoms with Crippen LogP contribution in [0, 0.1) is 6.57 Å². The van der Waals surface area contributed by atoms with Crippen molar-refractivity contribution >= 4 is 15.7 Å². The Kier molecular flexibility index (Phi) is 7.40. The van der Waals surface area contributed by atoms with Gasteiger partial charge >= 0.3 is 6.17 Å². The second kappa shape index (κ2) is 9.89. The van der Waals surface area contributed by atoms with Gasteiger partial charge in [-0.3, -0.25) is 14.5 Å². The quantitative estimate of drug-likeness (QED) is 0.595. The minimum Gasteiger partial charge on any atom is -0.489 e. The van der Waals surface area contributed by atoms with Gasteiger partial charge in [-0.25, -0.2) is 19.4 Å². The van der Waals surface area contributed by atoms with Gasteiger partial charge in [0, 0.05) is 0 Å². The smallest absolute Gasteiger partial charge is 0.303 e. The lowest BCUT2D eigenvalue weighted by atomic mass is 10.0. The summed E-state index contributed by atoms with van der Waals surface area (Å²) in [5.41, 5.74) is 7.62. The summed E-state index contributed by atoms with van der Waals surface area (Å²) in [5, 5.41) is 0. The number of nitrogens with two attached hydrogens (primary N) is 1. The van der Waals surface area contributed by atoms with E-state index in [9.17, 15) is 17.6 Å². The van der Waals surface area contributed by atoms with Crippen molar-refractivity contribution < 1.29 is 22.3 Å². The third-order valence-electron chi connectivity index (χ3n) is 6.00. The summed E-state index contributed by atoms with van der Waals surface area (Å²) in [6.07, 6.45) is -2.36. The van der Waals surface area contributed by atoms with Gasteiger partial charge < -0.3 is 10.5 Å². The minimum absolute atomic E-state index is 0.0895. The Balaban J connectivity index is 1.67. The number of carbonyl (C=O) groups is 1. The number of likely N-dealkylation sites (tertiary alicyclic amines) is 1. The molecule has 1 fully saturated rings. The molecule has 2 aromatic carbocycles. The first kappa shape index (κ1) is 24.7. The van der Waals surface area contributed by atoms with Crippen molar-refractivity contribution in [3.8, 4) is 5.75 Å². The number of carbonyl (C=O) groups excluding carboxylic acids is 1. The summed E-state index contributed by atoms with van der Waals surface area (Å²) >= 11 is 0. The van der Waals surface area contributed by atoms with E-state index >= 15 is 0 Å². The SMILES string of the molecule is [C-]#[N+][C@@H]1C[C@H](F)CN1C(=O)[C@@H](N)C(C)(C)S(=O)(=O)Cc1ccc(OCc2ccccc2)cc1. The van der Waals surface area contributed by atoms with Crippen molar-refractivity contribution in [3.63, 3.8) is 0 Å². The van der Waals surface area contributed by atoms with Crippen LogP contribution in [0.4, 0.5) is 4.39 Å². The Morgan fingerprint density at radius 2 is 1.85 bits per heavy atom. The number of hydrogen-bond donors (Lipinski definition) is 1. The molecule has 3 rings (SSSR count). The normalized spacial score (nSPS) is 19.7. The fraction of sp³-hybridized carbons (Fsp3) is 0.417. The standard InChI is InChI=1S/C24H28FN3O4S/c1-24(2,22(26)23(29)28-14-19(25)13-21(28)27-3)33(30,31)16-18-9-11-20(12-10-18)32-15-17-7-5-4-6-8-17/h4-12,19,21-22H,13-16,26H2,1-2H3/t19-,21-,22+/m0/s1. The van der Waals surface area contributed by atoms with Gasteiger partial charge in [-0.05, 0) is 37.1 Å². The number of nitrogens with zero attached hydrogens (tertiary/aromatic N) is 2. The fourth-order valence-corrected chi connectivity index (χ4v) is 5.11. The van der Waals surface area contributed by atoms with Gasteiger partial charge in [-0.15, -0.1) is 0 Å². The molecule has 0 aliphatic carbocycles. The van der Waals surface area contributed by atoms with Crippen molar-refractivity contribution in [3.05, 3.63) is 77.1 Å². The summed E-state index contributed by atoms with van der Waals surface area (Å²) < 4.78 is 44.2. The summed E-state index contributed by atoms with van der Waals surface area (Å²) in [6, 6.07) is 14.9. The maximum absolute atomic E-state index is 13.7. The predicted octanol–water partition coefficient (Wildman–Crippen LogP) is 3.10. The van der Waals surface area contributed by atoms with Crippen LogP contribution in [-0.2, 0) is 27.0 Å². The first-order valence-corrected chi connectivity index (χ1v) is 12.2. The van der Waals surface area contributed by atoms with E-state index in [1.54, 1.807) is 24.3 Å². The average Bonchev–Trinajstić information content (AvgIpc) is 3.18. The zero-order chi connectivity index (χ0) is 24.2. The van der Waals surface area contributed by atoms with Gasteiger partial charge in [0.2, 0.25) is 5.91 Å². The van der Waals surface area contributed by atoms with Crippen molar-refractivity contribution in [2.75, 3.05) is 6.54 Å². The number of amides is 1. The van der Waals surface area contributed by atoms with E-state index in [1.165, 1.54) is 13.8 Å². The molecular weight excluding hydrogens is 445 g/mol. The number of sulfone groups is 1. The van der Waals surface area contributed by atoms with Gasteiger partial charge in [0.05, 0.1) is 23.5 Å². The maximum atomic E-state index is 13.7. The van der Waals surface area contributed by atoms with Crippen LogP contribution >= 0.6 is 0 Å². The highest BCUT2D eigenvalue weighted by atomic mass is 32.2. The lowest BCUT2D eigenvalue weighted by molar-refractivity contribution is -0.133. The van der Waals surface area contributed by atoms with E-state index in [0.29, 0.717) is 17.9 Å². The second-order valence-corrected chi connectivity index (χ2v) is 11.3. The molecule has 2 N–H and O–H groups in total. The molecule has 0 spiro atoms. The van der Waals surface area contributed by atoms with Crippen LogP contribution in [0.1, 0.15) is 31.4 Å².